The number of halogens is 1. The van der Waals surface area contributed by atoms with Crippen LogP contribution in [0.1, 0.15) is 60.8 Å². The number of unbranched alkanes of at least 4 members (excludes halogenated alkanes) is 1. The van der Waals surface area contributed by atoms with E-state index >= 15 is 0 Å². The molecule has 0 aliphatic carbocycles. The van der Waals surface area contributed by atoms with Gasteiger partial charge in [0, 0.05) is 6.54 Å². The molecule has 0 saturated carbocycles. The van der Waals surface area contributed by atoms with Crippen molar-refractivity contribution < 1.29 is 13.9 Å². The maximum Gasteiger partial charge on any atom is 0.254 e. The Hall–Kier alpha value is -3.67. The van der Waals surface area contributed by atoms with Gasteiger partial charge in [0.2, 0.25) is 0 Å². The topological polar surface area (TPSA) is 56.1 Å². The molecular weight excluding hydrogens is 441 g/mol. The van der Waals surface area contributed by atoms with Gasteiger partial charge in [0.25, 0.3) is 5.91 Å². The molecule has 1 N–H and O–H groups in total. The third-order valence-corrected chi connectivity index (χ3v) is 6.37. The van der Waals surface area contributed by atoms with E-state index in [9.17, 15) is 9.18 Å². The van der Waals surface area contributed by atoms with Crippen LogP contribution in [0.3, 0.4) is 0 Å². The third kappa shape index (κ3) is 6.07. The molecule has 1 aromatic heterocycles. The first-order valence-electron chi connectivity index (χ1n) is 12.3. The zero-order valence-electron chi connectivity index (χ0n) is 20.3. The molecule has 0 aliphatic heterocycles. The van der Waals surface area contributed by atoms with Crippen molar-refractivity contribution in [2.75, 3.05) is 6.61 Å². The first-order valence-corrected chi connectivity index (χ1v) is 12.3. The van der Waals surface area contributed by atoms with Crippen LogP contribution < -0.4 is 10.1 Å². The molecule has 4 aromatic rings. The lowest BCUT2D eigenvalue weighted by molar-refractivity contribution is 0.0945. The summed E-state index contributed by atoms with van der Waals surface area (Å²) in [4.78, 5) is 17.2. The predicted molar refractivity (Wildman–Crippen MR) is 137 cm³/mol. The van der Waals surface area contributed by atoms with Gasteiger partial charge in [0.1, 0.15) is 17.4 Å². The minimum absolute atomic E-state index is 0.0319. The highest BCUT2D eigenvalue weighted by Crippen LogP contribution is 2.22. The van der Waals surface area contributed by atoms with E-state index in [2.05, 4.69) is 35.9 Å². The van der Waals surface area contributed by atoms with Crippen molar-refractivity contribution in [3.8, 4) is 5.75 Å². The quantitative estimate of drug-likeness (QED) is 0.254. The number of para-hydroxylation sites is 2. The predicted octanol–water partition coefficient (Wildman–Crippen LogP) is 6.48. The molecular formula is C29H32FN3O2. The Morgan fingerprint density at radius 1 is 1.03 bits per heavy atom. The lowest BCUT2D eigenvalue weighted by atomic mass is 9.99. The Labute approximate surface area is 206 Å². The summed E-state index contributed by atoms with van der Waals surface area (Å²) < 4.78 is 22.0. The smallest absolute Gasteiger partial charge is 0.254 e. The summed E-state index contributed by atoms with van der Waals surface area (Å²) in [6.45, 7) is 6.04. The second-order valence-electron chi connectivity index (χ2n) is 8.76. The van der Waals surface area contributed by atoms with Gasteiger partial charge in [-0.25, -0.2) is 9.37 Å². The normalized spacial score (nSPS) is 12.0. The molecule has 0 spiro atoms. The minimum Gasteiger partial charge on any atom is -0.494 e. The number of ether oxygens (including phenoxy) is 1. The van der Waals surface area contributed by atoms with Crippen molar-refractivity contribution in [2.24, 2.45) is 0 Å². The largest absolute Gasteiger partial charge is 0.494 e. The van der Waals surface area contributed by atoms with E-state index in [0.29, 0.717) is 12.5 Å². The first kappa shape index (κ1) is 24.5. The molecule has 0 saturated heterocycles. The van der Waals surface area contributed by atoms with Gasteiger partial charge in [-0.1, -0.05) is 50.2 Å². The van der Waals surface area contributed by atoms with Crippen LogP contribution in [0.2, 0.25) is 0 Å². The van der Waals surface area contributed by atoms with Crippen molar-refractivity contribution in [1.82, 2.24) is 14.9 Å². The molecule has 0 fully saturated rings. The fraction of sp³-hybridized carbons (Fsp3) is 0.310. The Morgan fingerprint density at radius 2 is 1.77 bits per heavy atom. The number of rotatable bonds is 11. The van der Waals surface area contributed by atoms with Crippen molar-refractivity contribution in [3.63, 3.8) is 0 Å². The van der Waals surface area contributed by atoms with Crippen LogP contribution in [0.15, 0.2) is 72.8 Å². The number of amides is 1. The maximum absolute atomic E-state index is 14.0. The maximum atomic E-state index is 14.0. The number of aryl methyl sites for hydroxylation is 1. The van der Waals surface area contributed by atoms with E-state index < -0.39 is 11.7 Å². The molecule has 1 heterocycles. The number of aromatic nitrogens is 2. The van der Waals surface area contributed by atoms with Gasteiger partial charge in [0.05, 0.1) is 29.7 Å². The van der Waals surface area contributed by atoms with Gasteiger partial charge in [-0.15, -0.1) is 0 Å². The van der Waals surface area contributed by atoms with Gasteiger partial charge in [-0.2, -0.15) is 0 Å². The average molecular weight is 474 g/mol. The molecule has 0 radical (unpaired) electrons. The Balaban J connectivity index is 1.34. The highest BCUT2D eigenvalue weighted by Gasteiger charge is 2.14. The fourth-order valence-corrected chi connectivity index (χ4v) is 4.10. The summed E-state index contributed by atoms with van der Waals surface area (Å²) in [5.74, 6) is 1.21. The highest BCUT2D eigenvalue weighted by atomic mass is 19.1. The van der Waals surface area contributed by atoms with Crippen LogP contribution in [-0.2, 0) is 13.1 Å². The number of benzene rings is 3. The summed E-state index contributed by atoms with van der Waals surface area (Å²) >= 11 is 0. The highest BCUT2D eigenvalue weighted by molar-refractivity contribution is 5.94. The summed E-state index contributed by atoms with van der Waals surface area (Å²) in [6.07, 6.45) is 2.91. The number of nitrogens with zero attached hydrogens (tertiary/aromatic N) is 2. The van der Waals surface area contributed by atoms with Crippen LogP contribution in [-0.4, -0.2) is 22.1 Å². The molecule has 182 valence electrons. The molecule has 3 aromatic carbocycles. The van der Waals surface area contributed by atoms with Crippen LogP contribution in [0.25, 0.3) is 11.0 Å². The van der Waals surface area contributed by atoms with E-state index in [4.69, 9.17) is 9.72 Å². The van der Waals surface area contributed by atoms with Crippen LogP contribution in [0.5, 0.6) is 5.75 Å². The summed E-state index contributed by atoms with van der Waals surface area (Å²) in [6, 6.07) is 22.3. The molecule has 5 nitrogen and oxygen atoms in total. The number of carbonyl (C=O) groups is 1. The Kier molecular flexibility index (Phi) is 8.14. The van der Waals surface area contributed by atoms with Gasteiger partial charge in [-0.3, -0.25) is 4.79 Å². The molecule has 0 aliphatic rings. The van der Waals surface area contributed by atoms with Gasteiger partial charge in [-0.05, 0) is 67.1 Å². The van der Waals surface area contributed by atoms with Crippen LogP contribution >= 0.6 is 0 Å². The SMILES string of the molecule is CCC(C)c1ccc(OCCCCn2c(CNC(=O)c3ccccc3F)nc3ccccc32)cc1. The van der Waals surface area contributed by atoms with E-state index in [1.807, 2.05) is 36.4 Å². The molecule has 1 atom stereocenters. The van der Waals surface area contributed by atoms with E-state index in [-0.39, 0.29) is 12.1 Å². The number of nitrogens with one attached hydrogen (secondary N) is 1. The monoisotopic (exact) mass is 473 g/mol. The van der Waals surface area contributed by atoms with Crippen LogP contribution in [0, 0.1) is 5.82 Å². The van der Waals surface area contributed by atoms with Crippen molar-refractivity contribution in [3.05, 3.63) is 95.6 Å². The van der Waals surface area contributed by atoms with Crippen LogP contribution in [0.4, 0.5) is 4.39 Å². The zero-order valence-corrected chi connectivity index (χ0v) is 20.3. The summed E-state index contributed by atoms with van der Waals surface area (Å²) in [7, 11) is 0. The van der Waals surface area contributed by atoms with Crippen molar-refractivity contribution >= 4 is 16.9 Å². The molecule has 1 unspecified atom stereocenters. The molecule has 35 heavy (non-hydrogen) atoms. The summed E-state index contributed by atoms with van der Waals surface area (Å²) in [5.41, 5.74) is 3.26. The Bertz CT molecular complexity index is 1270. The third-order valence-electron chi connectivity index (χ3n) is 6.37. The molecule has 1 amide bonds. The van der Waals surface area contributed by atoms with E-state index in [0.717, 1.165) is 48.4 Å². The average Bonchev–Trinajstić information content (AvgIpc) is 3.24. The molecule has 4 rings (SSSR count). The second kappa shape index (κ2) is 11.6. The number of hydrogen-bond donors (Lipinski definition) is 1. The summed E-state index contributed by atoms with van der Waals surface area (Å²) in [5, 5.41) is 2.81. The lowest BCUT2D eigenvalue weighted by Gasteiger charge is -2.12. The van der Waals surface area contributed by atoms with Gasteiger partial charge >= 0.3 is 0 Å². The molecule has 0 bridgehead atoms. The van der Waals surface area contributed by atoms with E-state index in [1.165, 1.54) is 17.7 Å². The first-order chi connectivity index (χ1) is 17.1. The minimum atomic E-state index is -0.534. The number of imidazole rings is 1. The Morgan fingerprint density at radius 3 is 2.54 bits per heavy atom. The zero-order chi connectivity index (χ0) is 24.6. The number of hydrogen-bond acceptors (Lipinski definition) is 3. The second-order valence-corrected chi connectivity index (χ2v) is 8.76. The van der Waals surface area contributed by atoms with Gasteiger partial charge < -0.3 is 14.6 Å². The number of carbonyl (C=O) groups excluding carboxylic acids is 1. The van der Waals surface area contributed by atoms with E-state index in [1.54, 1.807) is 12.1 Å². The van der Waals surface area contributed by atoms with Gasteiger partial charge in [0.15, 0.2) is 0 Å². The van der Waals surface area contributed by atoms with Crippen molar-refractivity contribution in [1.29, 1.82) is 0 Å². The standard InChI is InChI=1S/C29H32FN3O2/c1-3-21(2)22-14-16-23(17-15-22)35-19-9-8-18-33-27-13-7-6-12-26(27)32-28(33)20-31-29(34)24-10-4-5-11-25(24)30/h4-7,10-17,21H,3,8-9,18-20H2,1-2H3,(H,31,34). The molecule has 6 heteroatoms. The number of fused-ring (bicyclic) bond motifs is 1. The lowest BCUT2D eigenvalue weighted by Crippen LogP contribution is -2.25. The van der Waals surface area contributed by atoms with Crippen molar-refractivity contribution in [2.45, 2.75) is 52.1 Å². The fourth-order valence-electron chi connectivity index (χ4n) is 4.10.